The molecule has 5 nitrogen and oxygen atoms in total. The monoisotopic (exact) mass is 266 g/mol. The number of nitro groups is 1. The predicted molar refractivity (Wildman–Crippen MR) is 76.7 cm³/mol. The molecular formula is C15H10N2O3. The van der Waals surface area contributed by atoms with Crippen molar-refractivity contribution >= 4 is 16.5 Å². The van der Waals surface area contributed by atoms with Gasteiger partial charge in [0.15, 0.2) is 0 Å². The maximum absolute atomic E-state index is 12.1. The molecule has 0 spiro atoms. The summed E-state index contributed by atoms with van der Waals surface area (Å²) < 4.78 is 0. The molecule has 0 saturated carbocycles. The highest BCUT2D eigenvalue weighted by Crippen LogP contribution is 2.26. The van der Waals surface area contributed by atoms with Crippen LogP contribution in [0.1, 0.15) is 0 Å². The van der Waals surface area contributed by atoms with Gasteiger partial charge in [0, 0.05) is 11.8 Å². The summed E-state index contributed by atoms with van der Waals surface area (Å²) in [5, 5.41) is 11.7. The Bertz CT molecular complexity index is 854. The minimum absolute atomic E-state index is 0.0641. The highest BCUT2D eigenvalue weighted by atomic mass is 16.6. The molecule has 3 aromatic rings. The van der Waals surface area contributed by atoms with Gasteiger partial charge in [0.05, 0.1) is 15.7 Å². The standard InChI is InChI=1S/C15H10N2O3/c18-15-11-7-4-8-14(17(19)20)12(11)9-13(16-15)10-5-2-1-3-6-10/h1-9H,(H,16,18). The number of aromatic amines is 1. The normalized spacial score (nSPS) is 10.6. The number of aromatic nitrogens is 1. The van der Waals surface area contributed by atoms with Gasteiger partial charge in [-0.2, -0.15) is 0 Å². The molecular weight excluding hydrogens is 256 g/mol. The molecule has 3 rings (SSSR count). The first-order valence-corrected chi connectivity index (χ1v) is 6.02. The molecule has 0 saturated heterocycles. The SMILES string of the molecule is O=c1[nH]c(-c2ccccc2)cc2c([N+](=O)[O-])cccc12. The van der Waals surface area contributed by atoms with Crippen LogP contribution in [0.3, 0.4) is 0 Å². The van der Waals surface area contributed by atoms with E-state index in [1.165, 1.54) is 12.1 Å². The molecule has 0 unspecified atom stereocenters. The molecule has 0 bridgehead atoms. The van der Waals surface area contributed by atoms with E-state index in [9.17, 15) is 14.9 Å². The molecule has 0 amide bonds. The van der Waals surface area contributed by atoms with Gasteiger partial charge >= 0.3 is 0 Å². The highest BCUT2D eigenvalue weighted by Gasteiger charge is 2.14. The van der Waals surface area contributed by atoms with Crippen molar-refractivity contribution in [2.45, 2.75) is 0 Å². The molecule has 0 radical (unpaired) electrons. The topological polar surface area (TPSA) is 76.0 Å². The second-order valence-electron chi connectivity index (χ2n) is 4.37. The average molecular weight is 266 g/mol. The van der Waals surface area contributed by atoms with Crippen molar-refractivity contribution in [3.63, 3.8) is 0 Å². The average Bonchev–Trinajstić information content (AvgIpc) is 2.47. The Hall–Kier alpha value is -2.95. The van der Waals surface area contributed by atoms with Crippen LogP contribution in [0.25, 0.3) is 22.0 Å². The number of nitrogens with one attached hydrogen (secondary N) is 1. The van der Waals surface area contributed by atoms with E-state index in [-0.39, 0.29) is 11.2 Å². The van der Waals surface area contributed by atoms with E-state index in [1.54, 1.807) is 12.1 Å². The first-order valence-electron chi connectivity index (χ1n) is 6.02. The lowest BCUT2D eigenvalue weighted by atomic mass is 10.1. The number of rotatable bonds is 2. The van der Waals surface area contributed by atoms with Gasteiger partial charge in [0.2, 0.25) is 0 Å². The zero-order valence-electron chi connectivity index (χ0n) is 10.4. The molecule has 2 aromatic carbocycles. The Morgan fingerprint density at radius 1 is 0.950 bits per heavy atom. The first kappa shape index (κ1) is 12.1. The first-order chi connectivity index (χ1) is 9.66. The van der Waals surface area contributed by atoms with E-state index in [1.807, 2.05) is 30.3 Å². The summed E-state index contributed by atoms with van der Waals surface area (Å²) in [6.07, 6.45) is 0. The van der Waals surface area contributed by atoms with Crippen molar-refractivity contribution in [3.8, 4) is 11.3 Å². The van der Waals surface area contributed by atoms with Crippen molar-refractivity contribution in [2.24, 2.45) is 0 Å². The molecule has 0 atom stereocenters. The Morgan fingerprint density at radius 2 is 1.70 bits per heavy atom. The minimum Gasteiger partial charge on any atom is -0.321 e. The Morgan fingerprint density at radius 3 is 2.40 bits per heavy atom. The number of H-pyrrole nitrogens is 1. The largest absolute Gasteiger partial charge is 0.321 e. The molecule has 0 fully saturated rings. The van der Waals surface area contributed by atoms with E-state index in [0.717, 1.165) is 5.56 Å². The summed E-state index contributed by atoms with van der Waals surface area (Å²) in [5.41, 5.74) is 0.984. The second kappa shape index (κ2) is 4.62. The van der Waals surface area contributed by atoms with Crippen LogP contribution >= 0.6 is 0 Å². The molecule has 0 aliphatic rings. The number of benzene rings is 2. The Labute approximate surface area is 113 Å². The number of hydrogen-bond acceptors (Lipinski definition) is 3. The number of hydrogen-bond donors (Lipinski definition) is 1. The quantitative estimate of drug-likeness (QED) is 0.572. The Kier molecular flexibility index (Phi) is 2.80. The zero-order valence-corrected chi connectivity index (χ0v) is 10.4. The molecule has 0 aliphatic carbocycles. The van der Waals surface area contributed by atoms with Crippen LogP contribution in [0.15, 0.2) is 59.4 Å². The lowest BCUT2D eigenvalue weighted by Gasteiger charge is -2.04. The van der Waals surface area contributed by atoms with Gasteiger partial charge in [-0.1, -0.05) is 36.4 Å². The third kappa shape index (κ3) is 1.95. The maximum atomic E-state index is 12.1. The number of nitro benzene ring substituents is 1. The van der Waals surface area contributed by atoms with E-state index in [4.69, 9.17) is 0 Å². The lowest BCUT2D eigenvalue weighted by molar-refractivity contribution is -0.383. The van der Waals surface area contributed by atoms with Crippen molar-refractivity contribution in [3.05, 3.63) is 75.1 Å². The number of fused-ring (bicyclic) bond motifs is 1. The third-order valence-electron chi connectivity index (χ3n) is 3.15. The molecule has 1 N–H and O–H groups in total. The molecule has 20 heavy (non-hydrogen) atoms. The zero-order chi connectivity index (χ0) is 14.1. The highest BCUT2D eigenvalue weighted by molar-refractivity contribution is 5.92. The van der Waals surface area contributed by atoms with Crippen molar-refractivity contribution < 1.29 is 4.92 Å². The van der Waals surface area contributed by atoms with Crippen LogP contribution in [0.5, 0.6) is 0 Å². The van der Waals surface area contributed by atoms with Gasteiger partial charge in [-0.05, 0) is 17.7 Å². The summed E-state index contributed by atoms with van der Waals surface area (Å²) in [6, 6.07) is 15.4. The van der Waals surface area contributed by atoms with Crippen LogP contribution in [0.4, 0.5) is 5.69 Å². The molecule has 1 aromatic heterocycles. The summed E-state index contributed by atoms with van der Waals surface area (Å²) in [5.74, 6) is 0. The van der Waals surface area contributed by atoms with E-state index >= 15 is 0 Å². The fourth-order valence-electron chi connectivity index (χ4n) is 2.21. The predicted octanol–water partition coefficient (Wildman–Crippen LogP) is 3.10. The van der Waals surface area contributed by atoms with Crippen LogP contribution in [-0.2, 0) is 0 Å². The van der Waals surface area contributed by atoms with Crippen LogP contribution in [-0.4, -0.2) is 9.91 Å². The van der Waals surface area contributed by atoms with E-state index in [2.05, 4.69) is 4.98 Å². The van der Waals surface area contributed by atoms with Gasteiger partial charge in [-0.3, -0.25) is 14.9 Å². The van der Waals surface area contributed by atoms with Crippen LogP contribution in [0.2, 0.25) is 0 Å². The van der Waals surface area contributed by atoms with Gasteiger partial charge in [0.25, 0.3) is 11.2 Å². The number of non-ortho nitro benzene ring substituents is 1. The van der Waals surface area contributed by atoms with E-state index < -0.39 is 4.92 Å². The van der Waals surface area contributed by atoms with E-state index in [0.29, 0.717) is 16.5 Å². The molecule has 98 valence electrons. The summed E-state index contributed by atoms with van der Waals surface area (Å²) in [4.78, 5) is 25.4. The minimum atomic E-state index is -0.476. The number of nitrogens with zero attached hydrogens (tertiary/aromatic N) is 1. The van der Waals surface area contributed by atoms with Crippen molar-refractivity contribution in [1.29, 1.82) is 0 Å². The number of pyridine rings is 1. The third-order valence-corrected chi connectivity index (χ3v) is 3.15. The van der Waals surface area contributed by atoms with Gasteiger partial charge in [-0.15, -0.1) is 0 Å². The van der Waals surface area contributed by atoms with Crippen molar-refractivity contribution in [1.82, 2.24) is 4.98 Å². The molecule has 0 aliphatic heterocycles. The lowest BCUT2D eigenvalue weighted by Crippen LogP contribution is -2.08. The van der Waals surface area contributed by atoms with Gasteiger partial charge in [0.1, 0.15) is 0 Å². The molecule has 5 heteroatoms. The molecule has 1 heterocycles. The summed E-state index contributed by atoms with van der Waals surface area (Å²) >= 11 is 0. The Balaban J connectivity index is 2.36. The summed E-state index contributed by atoms with van der Waals surface area (Å²) in [7, 11) is 0. The smallest absolute Gasteiger partial charge is 0.277 e. The van der Waals surface area contributed by atoms with Crippen molar-refractivity contribution in [2.75, 3.05) is 0 Å². The summed E-state index contributed by atoms with van der Waals surface area (Å²) in [6.45, 7) is 0. The van der Waals surface area contributed by atoms with Gasteiger partial charge in [-0.25, -0.2) is 0 Å². The van der Waals surface area contributed by atoms with Crippen LogP contribution in [0, 0.1) is 10.1 Å². The second-order valence-corrected chi connectivity index (χ2v) is 4.37. The van der Waals surface area contributed by atoms with Crippen LogP contribution < -0.4 is 5.56 Å². The fraction of sp³-hybridized carbons (Fsp3) is 0. The van der Waals surface area contributed by atoms with Gasteiger partial charge < -0.3 is 4.98 Å². The maximum Gasteiger partial charge on any atom is 0.277 e. The fourth-order valence-corrected chi connectivity index (χ4v) is 2.21.